The number of carboxylic acid groups (broad SMARTS) is 1. The quantitative estimate of drug-likeness (QED) is 0.227. The zero-order valence-electron chi connectivity index (χ0n) is 18.0. The van der Waals surface area contributed by atoms with Gasteiger partial charge in [-0.25, -0.2) is 0 Å². The Kier molecular flexibility index (Phi) is 17.2. The van der Waals surface area contributed by atoms with Crippen LogP contribution in [0.2, 0.25) is 0 Å². The Balaban J connectivity index is 3.79. The first-order valence-electron chi connectivity index (χ1n) is 11.2. The van der Waals surface area contributed by atoms with Crippen molar-refractivity contribution in [1.82, 2.24) is 4.90 Å². The molecule has 1 atom stereocenters. The molecule has 27 heavy (non-hydrogen) atoms. The third-order valence-electron chi connectivity index (χ3n) is 5.17. The van der Waals surface area contributed by atoms with Crippen LogP contribution in [0.1, 0.15) is 104 Å². The Bertz CT molecular complexity index is 402. The van der Waals surface area contributed by atoms with Gasteiger partial charge in [0.2, 0.25) is 5.91 Å². The lowest BCUT2D eigenvalue weighted by molar-refractivity contribution is -0.144. The normalized spacial score (nSPS) is 12.4. The van der Waals surface area contributed by atoms with Crippen LogP contribution in [0.4, 0.5) is 0 Å². The standard InChI is InChI=1S/C23H43NO3/c1-4-7-8-9-10-11-12-13-14-15-16-17-18-19-21(23(26)27)20-22(25)24(5-2)6-3/h18-19,21H,4-17,20H2,1-3H3,(H,26,27)/b19-18+. The van der Waals surface area contributed by atoms with Gasteiger partial charge in [-0.1, -0.05) is 83.3 Å². The molecule has 0 aromatic carbocycles. The maximum Gasteiger partial charge on any atom is 0.310 e. The Hall–Kier alpha value is -1.32. The molecular formula is C23H43NO3. The van der Waals surface area contributed by atoms with Crippen LogP contribution in [0.25, 0.3) is 0 Å². The van der Waals surface area contributed by atoms with Crippen molar-refractivity contribution < 1.29 is 14.7 Å². The number of carboxylic acids is 1. The number of nitrogens with zero attached hydrogens (tertiary/aromatic N) is 1. The molecule has 0 aliphatic heterocycles. The molecule has 0 rings (SSSR count). The van der Waals surface area contributed by atoms with E-state index in [4.69, 9.17) is 0 Å². The van der Waals surface area contributed by atoms with E-state index in [1.807, 2.05) is 19.9 Å². The number of amides is 1. The first-order chi connectivity index (χ1) is 13.1. The van der Waals surface area contributed by atoms with Crippen LogP contribution < -0.4 is 0 Å². The summed E-state index contributed by atoms with van der Waals surface area (Å²) in [5.74, 6) is -1.69. The molecule has 0 bridgehead atoms. The number of hydrogen-bond acceptors (Lipinski definition) is 2. The van der Waals surface area contributed by atoms with E-state index >= 15 is 0 Å². The zero-order valence-corrected chi connectivity index (χ0v) is 18.0. The summed E-state index contributed by atoms with van der Waals surface area (Å²) in [5, 5.41) is 9.32. The Morgan fingerprint density at radius 3 is 1.74 bits per heavy atom. The largest absolute Gasteiger partial charge is 0.481 e. The second-order valence-electron chi connectivity index (χ2n) is 7.47. The first-order valence-corrected chi connectivity index (χ1v) is 11.2. The Labute approximate surface area is 167 Å². The minimum absolute atomic E-state index is 0.0613. The first kappa shape index (κ1) is 25.7. The molecule has 0 aromatic rings. The van der Waals surface area contributed by atoms with E-state index in [-0.39, 0.29) is 12.3 Å². The summed E-state index contributed by atoms with van der Waals surface area (Å²) in [4.78, 5) is 25.1. The van der Waals surface area contributed by atoms with Gasteiger partial charge in [0, 0.05) is 19.5 Å². The average molecular weight is 382 g/mol. The van der Waals surface area contributed by atoms with Crippen molar-refractivity contribution in [2.45, 2.75) is 104 Å². The molecule has 4 heteroatoms. The maximum atomic E-state index is 12.1. The number of carbonyl (C=O) groups is 2. The van der Waals surface area contributed by atoms with Gasteiger partial charge < -0.3 is 10.0 Å². The predicted molar refractivity (Wildman–Crippen MR) is 114 cm³/mol. The summed E-state index contributed by atoms with van der Waals surface area (Å²) in [6.45, 7) is 7.34. The van der Waals surface area contributed by atoms with Crippen LogP contribution in [-0.4, -0.2) is 35.0 Å². The van der Waals surface area contributed by atoms with Crippen molar-refractivity contribution in [1.29, 1.82) is 0 Å². The van der Waals surface area contributed by atoms with Crippen molar-refractivity contribution in [3.63, 3.8) is 0 Å². The molecular weight excluding hydrogens is 338 g/mol. The molecule has 0 saturated heterocycles. The molecule has 0 radical (unpaired) electrons. The number of unbranched alkanes of at least 4 members (excludes halogenated alkanes) is 11. The summed E-state index contributed by atoms with van der Waals surface area (Å²) in [7, 11) is 0. The van der Waals surface area contributed by atoms with Gasteiger partial charge in [0.25, 0.3) is 0 Å². The summed E-state index contributed by atoms with van der Waals surface area (Å²) >= 11 is 0. The van der Waals surface area contributed by atoms with E-state index in [0.717, 1.165) is 12.8 Å². The second-order valence-corrected chi connectivity index (χ2v) is 7.47. The van der Waals surface area contributed by atoms with Crippen LogP contribution >= 0.6 is 0 Å². The van der Waals surface area contributed by atoms with Gasteiger partial charge >= 0.3 is 5.97 Å². The van der Waals surface area contributed by atoms with Crippen LogP contribution in [0.15, 0.2) is 12.2 Å². The number of hydrogen-bond donors (Lipinski definition) is 1. The highest BCUT2D eigenvalue weighted by Crippen LogP contribution is 2.13. The topological polar surface area (TPSA) is 57.6 Å². The van der Waals surface area contributed by atoms with Gasteiger partial charge in [-0.2, -0.15) is 0 Å². The van der Waals surface area contributed by atoms with Gasteiger partial charge in [0.15, 0.2) is 0 Å². The van der Waals surface area contributed by atoms with Gasteiger partial charge in [-0.15, -0.1) is 0 Å². The summed E-state index contributed by atoms with van der Waals surface area (Å²) in [6, 6.07) is 0. The molecule has 1 unspecified atom stereocenters. The minimum Gasteiger partial charge on any atom is -0.481 e. The third kappa shape index (κ3) is 14.4. The van der Waals surface area contributed by atoms with Crippen molar-refractivity contribution >= 4 is 11.9 Å². The number of aliphatic carboxylic acids is 1. The van der Waals surface area contributed by atoms with Crippen LogP contribution in [0.5, 0.6) is 0 Å². The summed E-state index contributed by atoms with van der Waals surface area (Å²) in [5.41, 5.74) is 0. The fourth-order valence-electron chi connectivity index (χ4n) is 3.32. The Morgan fingerprint density at radius 2 is 1.30 bits per heavy atom. The average Bonchev–Trinajstić information content (AvgIpc) is 2.65. The minimum atomic E-state index is -0.911. The van der Waals surface area contributed by atoms with E-state index in [1.165, 1.54) is 64.2 Å². The van der Waals surface area contributed by atoms with E-state index in [1.54, 1.807) is 11.0 Å². The number of allylic oxidation sites excluding steroid dienone is 1. The van der Waals surface area contributed by atoms with Crippen LogP contribution in [-0.2, 0) is 9.59 Å². The van der Waals surface area contributed by atoms with E-state index in [2.05, 4.69) is 6.92 Å². The third-order valence-corrected chi connectivity index (χ3v) is 5.17. The molecule has 4 nitrogen and oxygen atoms in total. The van der Waals surface area contributed by atoms with Crippen molar-refractivity contribution in [2.24, 2.45) is 5.92 Å². The summed E-state index contributed by atoms with van der Waals surface area (Å²) in [6.07, 6.45) is 19.1. The Morgan fingerprint density at radius 1 is 0.815 bits per heavy atom. The second kappa shape index (κ2) is 18.1. The monoisotopic (exact) mass is 381 g/mol. The molecule has 158 valence electrons. The highest BCUT2D eigenvalue weighted by molar-refractivity contribution is 5.83. The molecule has 1 N–H and O–H groups in total. The highest BCUT2D eigenvalue weighted by atomic mass is 16.4. The van der Waals surface area contributed by atoms with E-state index in [9.17, 15) is 14.7 Å². The number of carbonyl (C=O) groups excluding carboxylic acids is 1. The molecule has 0 aliphatic carbocycles. The van der Waals surface area contributed by atoms with Gasteiger partial charge in [-0.3, -0.25) is 9.59 Å². The summed E-state index contributed by atoms with van der Waals surface area (Å²) < 4.78 is 0. The molecule has 0 aliphatic rings. The lowest BCUT2D eigenvalue weighted by Gasteiger charge is -2.19. The lowest BCUT2D eigenvalue weighted by Crippen LogP contribution is -2.33. The molecule has 0 fully saturated rings. The lowest BCUT2D eigenvalue weighted by atomic mass is 10.0. The zero-order chi connectivity index (χ0) is 20.3. The van der Waals surface area contributed by atoms with Crippen molar-refractivity contribution in [2.75, 3.05) is 13.1 Å². The fraction of sp³-hybridized carbons (Fsp3) is 0.826. The highest BCUT2D eigenvalue weighted by Gasteiger charge is 2.20. The van der Waals surface area contributed by atoms with E-state index < -0.39 is 11.9 Å². The molecule has 0 spiro atoms. The van der Waals surface area contributed by atoms with Gasteiger partial charge in [0.05, 0.1) is 5.92 Å². The van der Waals surface area contributed by atoms with Crippen molar-refractivity contribution in [3.05, 3.63) is 12.2 Å². The smallest absolute Gasteiger partial charge is 0.310 e. The van der Waals surface area contributed by atoms with Gasteiger partial charge in [0.1, 0.15) is 0 Å². The number of rotatable bonds is 18. The van der Waals surface area contributed by atoms with Crippen LogP contribution in [0.3, 0.4) is 0 Å². The maximum absolute atomic E-state index is 12.1. The van der Waals surface area contributed by atoms with E-state index in [0.29, 0.717) is 13.1 Å². The van der Waals surface area contributed by atoms with Crippen molar-refractivity contribution in [3.8, 4) is 0 Å². The molecule has 0 heterocycles. The fourth-order valence-corrected chi connectivity index (χ4v) is 3.32. The predicted octanol–water partition coefficient (Wildman–Crippen LogP) is 6.20. The van der Waals surface area contributed by atoms with Gasteiger partial charge in [-0.05, 0) is 26.7 Å². The molecule has 1 amide bonds. The SMILES string of the molecule is CCCCCCCCCCCCC/C=C/C(CC(=O)N(CC)CC)C(=O)O. The molecule has 0 aromatic heterocycles. The van der Waals surface area contributed by atoms with Crippen LogP contribution in [0, 0.1) is 5.92 Å². The molecule has 0 saturated carbocycles.